The second-order valence-electron chi connectivity index (χ2n) is 4.92. The minimum Gasteiger partial charge on any atom is -0.378 e. The SMILES string of the molecule is Cn1nc(-c2ccccc2F)cc1C(=O)N1CCOCC1. The molecule has 1 aromatic carbocycles. The van der Waals surface area contributed by atoms with Crippen LogP contribution in [0.4, 0.5) is 4.39 Å². The van der Waals surface area contributed by atoms with E-state index in [0.717, 1.165) is 0 Å². The van der Waals surface area contributed by atoms with E-state index < -0.39 is 0 Å². The number of carbonyl (C=O) groups is 1. The van der Waals surface area contributed by atoms with Crippen LogP contribution in [0.2, 0.25) is 0 Å². The maximum absolute atomic E-state index is 13.8. The molecule has 1 aliphatic heterocycles. The van der Waals surface area contributed by atoms with Crippen molar-refractivity contribution in [1.82, 2.24) is 14.7 Å². The zero-order chi connectivity index (χ0) is 14.8. The summed E-state index contributed by atoms with van der Waals surface area (Å²) in [6.07, 6.45) is 0. The molecule has 1 aliphatic rings. The predicted molar refractivity (Wildman–Crippen MR) is 75.3 cm³/mol. The summed E-state index contributed by atoms with van der Waals surface area (Å²) in [5, 5.41) is 4.26. The van der Waals surface area contributed by atoms with Crippen LogP contribution in [0.3, 0.4) is 0 Å². The summed E-state index contributed by atoms with van der Waals surface area (Å²) in [6.45, 7) is 2.23. The van der Waals surface area contributed by atoms with Gasteiger partial charge >= 0.3 is 0 Å². The van der Waals surface area contributed by atoms with Crippen LogP contribution >= 0.6 is 0 Å². The molecule has 0 unspecified atom stereocenters. The molecule has 0 spiro atoms. The van der Waals surface area contributed by atoms with Crippen molar-refractivity contribution in [2.45, 2.75) is 0 Å². The van der Waals surface area contributed by atoms with Crippen molar-refractivity contribution in [3.8, 4) is 11.3 Å². The number of aryl methyl sites for hydroxylation is 1. The summed E-state index contributed by atoms with van der Waals surface area (Å²) in [5.74, 6) is -0.447. The van der Waals surface area contributed by atoms with Crippen molar-refractivity contribution in [3.05, 3.63) is 41.8 Å². The molecule has 5 nitrogen and oxygen atoms in total. The lowest BCUT2D eigenvalue weighted by Crippen LogP contribution is -2.41. The van der Waals surface area contributed by atoms with Gasteiger partial charge in [0.25, 0.3) is 5.91 Å². The van der Waals surface area contributed by atoms with Crippen molar-refractivity contribution < 1.29 is 13.9 Å². The number of aromatic nitrogens is 2. The van der Waals surface area contributed by atoms with E-state index in [-0.39, 0.29) is 11.7 Å². The molecule has 2 aromatic rings. The lowest BCUT2D eigenvalue weighted by atomic mass is 10.1. The standard InChI is InChI=1S/C15H16FN3O2/c1-18-14(15(20)19-6-8-21-9-7-19)10-13(17-18)11-4-2-3-5-12(11)16/h2-5,10H,6-9H2,1H3. The Labute approximate surface area is 121 Å². The molecule has 3 rings (SSSR count). The van der Waals surface area contributed by atoms with Gasteiger partial charge in [-0.05, 0) is 18.2 Å². The van der Waals surface area contributed by atoms with Crippen LogP contribution in [-0.2, 0) is 11.8 Å². The average molecular weight is 289 g/mol. The first-order chi connectivity index (χ1) is 10.2. The molecule has 0 radical (unpaired) electrons. The third kappa shape index (κ3) is 2.67. The van der Waals surface area contributed by atoms with Gasteiger partial charge in [0.1, 0.15) is 11.5 Å². The monoisotopic (exact) mass is 289 g/mol. The Bertz CT molecular complexity index is 663. The largest absolute Gasteiger partial charge is 0.378 e. The third-order valence-corrected chi connectivity index (χ3v) is 3.55. The van der Waals surface area contributed by atoms with E-state index >= 15 is 0 Å². The van der Waals surface area contributed by atoms with E-state index in [1.165, 1.54) is 10.7 Å². The Morgan fingerprint density at radius 1 is 1.29 bits per heavy atom. The van der Waals surface area contributed by atoms with Crippen molar-refractivity contribution in [3.63, 3.8) is 0 Å². The highest BCUT2D eigenvalue weighted by Crippen LogP contribution is 2.22. The van der Waals surface area contributed by atoms with Gasteiger partial charge in [-0.25, -0.2) is 4.39 Å². The third-order valence-electron chi connectivity index (χ3n) is 3.55. The number of ether oxygens (including phenoxy) is 1. The molecule has 0 saturated carbocycles. The molecule has 1 amide bonds. The number of carbonyl (C=O) groups excluding carboxylic acids is 1. The molecule has 0 bridgehead atoms. The summed E-state index contributed by atoms with van der Waals surface area (Å²) in [4.78, 5) is 14.2. The molecule has 1 saturated heterocycles. The van der Waals surface area contributed by atoms with Crippen molar-refractivity contribution in [2.75, 3.05) is 26.3 Å². The molecular formula is C15H16FN3O2. The summed E-state index contributed by atoms with van der Waals surface area (Å²) >= 11 is 0. The second kappa shape index (κ2) is 5.65. The second-order valence-corrected chi connectivity index (χ2v) is 4.92. The van der Waals surface area contributed by atoms with E-state index in [1.807, 2.05) is 0 Å². The summed E-state index contributed by atoms with van der Waals surface area (Å²) < 4.78 is 20.6. The molecular weight excluding hydrogens is 273 g/mol. The van der Waals surface area contributed by atoms with Crippen LogP contribution < -0.4 is 0 Å². The molecule has 0 N–H and O–H groups in total. The Morgan fingerprint density at radius 2 is 2.00 bits per heavy atom. The van der Waals surface area contributed by atoms with Gasteiger partial charge in [-0.15, -0.1) is 0 Å². The van der Waals surface area contributed by atoms with Crippen LogP contribution in [0.25, 0.3) is 11.3 Å². The van der Waals surface area contributed by atoms with Crippen LogP contribution in [0, 0.1) is 5.82 Å². The van der Waals surface area contributed by atoms with Gasteiger partial charge in [0, 0.05) is 25.7 Å². The molecule has 0 atom stereocenters. The number of halogens is 1. The number of amides is 1. The fourth-order valence-electron chi connectivity index (χ4n) is 2.40. The molecule has 1 aromatic heterocycles. The van der Waals surface area contributed by atoms with Crippen molar-refractivity contribution in [1.29, 1.82) is 0 Å². The average Bonchev–Trinajstić information content (AvgIpc) is 2.89. The maximum atomic E-state index is 13.8. The fourth-order valence-corrected chi connectivity index (χ4v) is 2.40. The quantitative estimate of drug-likeness (QED) is 0.845. The van der Waals surface area contributed by atoms with Crippen LogP contribution in [0.15, 0.2) is 30.3 Å². The number of benzene rings is 1. The molecule has 2 heterocycles. The Hall–Kier alpha value is -2.21. The molecule has 6 heteroatoms. The highest BCUT2D eigenvalue weighted by molar-refractivity contribution is 5.93. The highest BCUT2D eigenvalue weighted by atomic mass is 19.1. The lowest BCUT2D eigenvalue weighted by molar-refractivity contribution is 0.0295. The first kappa shape index (κ1) is 13.8. The van der Waals surface area contributed by atoms with E-state index in [9.17, 15) is 9.18 Å². The molecule has 110 valence electrons. The minimum atomic E-state index is -0.346. The van der Waals surface area contributed by atoms with Gasteiger partial charge < -0.3 is 9.64 Å². The lowest BCUT2D eigenvalue weighted by Gasteiger charge is -2.26. The van der Waals surface area contributed by atoms with Crippen molar-refractivity contribution >= 4 is 5.91 Å². The number of rotatable bonds is 2. The van der Waals surface area contributed by atoms with Crippen LogP contribution in [0.1, 0.15) is 10.5 Å². The van der Waals surface area contributed by atoms with E-state index in [0.29, 0.717) is 43.3 Å². The maximum Gasteiger partial charge on any atom is 0.272 e. The Balaban J connectivity index is 1.91. The highest BCUT2D eigenvalue weighted by Gasteiger charge is 2.22. The molecule has 21 heavy (non-hydrogen) atoms. The first-order valence-electron chi connectivity index (χ1n) is 6.83. The Morgan fingerprint density at radius 3 is 2.71 bits per heavy atom. The van der Waals surface area contributed by atoms with Crippen LogP contribution in [0.5, 0.6) is 0 Å². The van der Waals surface area contributed by atoms with Gasteiger partial charge in [0.15, 0.2) is 0 Å². The van der Waals surface area contributed by atoms with Gasteiger partial charge in [-0.1, -0.05) is 12.1 Å². The summed E-state index contributed by atoms with van der Waals surface area (Å²) in [7, 11) is 1.69. The minimum absolute atomic E-state index is 0.101. The van der Waals surface area contributed by atoms with Crippen LogP contribution in [-0.4, -0.2) is 46.9 Å². The normalized spacial score (nSPS) is 15.2. The van der Waals surface area contributed by atoms with Crippen molar-refractivity contribution in [2.24, 2.45) is 7.05 Å². The number of hydrogen-bond donors (Lipinski definition) is 0. The number of hydrogen-bond acceptors (Lipinski definition) is 3. The van der Waals surface area contributed by atoms with Gasteiger partial charge in [-0.2, -0.15) is 5.10 Å². The van der Waals surface area contributed by atoms with Gasteiger partial charge in [-0.3, -0.25) is 9.48 Å². The molecule has 1 fully saturated rings. The number of nitrogens with zero attached hydrogens (tertiary/aromatic N) is 3. The topological polar surface area (TPSA) is 47.4 Å². The summed E-state index contributed by atoms with van der Waals surface area (Å²) in [6, 6.07) is 8.04. The fraction of sp³-hybridized carbons (Fsp3) is 0.333. The molecule has 0 aliphatic carbocycles. The predicted octanol–water partition coefficient (Wildman–Crippen LogP) is 1.70. The zero-order valence-electron chi connectivity index (χ0n) is 11.8. The van der Waals surface area contributed by atoms with Gasteiger partial charge in [0.2, 0.25) is 0 Å². The smallest absolute Gasteiger partial charge is 0.272 e. The van der Waals surface area contributed by atoms with E-state index in [1.54, 1.807) is 36.2 Å². The van der Waals surface area contributed by atoms with Gasteiger partial charge in [0.05, 0.1) is 18.9 Å². The summed E-state index contributed by atoms with van der Waals surface area (Å²) in [5.41, 5.74) is 1.32. The van der Waals surface area contributed by atoms with E-state index in [4.69, 9.17) is 4.74 Å². The Kier molecular flexibility index (Phi) is 3.70. The number of morpholine rings is 1. The first-order valence-corrected chi connectivity index (χ1v) is 6.83. The van der Waals surface area contributed by atoms with E-state index in [2.05, 4.69) is 5.10 Å². The zero-order valence-corrected chi connectivity index (χ0v) is 11.8.